The number of ether oxygens (including phenoxy) is 1. The molecule has 3 N–H and O–H groups in total. The summed E-state index contributed by atoms with van der Waals surface area (Å²) in [6, 6.07) is 5.23. The van der Waals surface area contributed by atoms with Crippen LogP contribution >= 0.6 is 0 Å². The lowest BCUT2D eigenvalue weighted by molar-refractivity contribution is -0.128. The van der Waals surface area contributed by atoms with Gasteiger partial charge in [-0.15, -0.1) is 0 Å². The lowest BCUT2D eigenvalue weighted by atomic mass is 10.2. The topological polar surface area (TPSA) is 70.6 Å². The minimum Gasteiger partial charge on any atom is -0.505 e. The number of carbonyl (C=O) groups excluding carboxylic acids is 1. The van der Waals surface area contributed by atoms with Gasteiger partial charge in [0.2, 0.25) is 0 Å². The van der Waals surface area contributed by atoms with Gasteiger partial charge in [0.1, 0.15) is 11.9 Å². The third kappa shape index (κ3) is 2.75. The van der Waals surface area contributed by atoms with Gasteiger partial charge in [-0.3, -0.25) is 4.79 Å². The predicted molar refractivity (Wildman–Crippen MR) is 64.1 cm³/mol. The van der Waals surface area contributed by atoms with Crippen molar-refractivity contribution in [2.75, 3.05) is 25.0 Å². The smallest absolute Gasteiger partial charge is 0.254 e. The molecular formula is C12H16N2O3. The predicted octanol–water partition coefficient (Wildman–Crippen LogP) is 0.628. The maximum Gasteiger partial charge on any atom is 0.254 e. The number of morpholine rings is 1. The van der Waals surface area contributed by atoms with E-state index in [1.807, 2.05) is 0 Å². The minimum atomic E-state index is -0.497. The first-order chi connectivity index (χ1) is 8.18. The van der Waals surface area contributed by atoms with E-state index in [9.17, 15) is 9.90 Å². The number of nitrogens with one attached hydrogen (secondary N) is 2. The van der Waals surface area contributed by atoms with Crippen molar-refractivity contribution in [3.05, 3.63) is 23.8 Å². The Morgan fingerprint density at radius 3 is 3.12 bits per heavy atom. The summed E-state index contributed by atoms with van der Waals surface area (Å²) in [7, 11) is 0. The Hall–Kier alpha value is -1.59. The standard InChI is InChI=1S/C12H16N2O3/c1-8-3-2-4-9(11(8)15)14-12(16)10-7-13-5-6-17-10/h2-4,10,13,15H,5-7H2,1H3,(H,14,16). The third-order valence-electron chi connectivity index (χ3n) is 2.72. The number of amides is 1. The molecule has 0 aliphatic carbocycles. The summed E-state index contributed by atoms with van der Waals surface area (Å²) in [6.45, 7) is 3.57. The first kappa shape index (κ1) is 11.9. The molecule has 17 heavy (non-hydrogen) atoms. The molecular weight excluding hydrogens is 220 g/mol. The molecule has 0 bridgehead atoms. The van der Waals surface area contributed by atoms with Gasteiger partial charge in [-0.2, -0.15) is 0 Å². The number of rotatable bonds is 2. The van der Waals surface area contributed by atoms with Crippen LogP contribution in [0.4, 0.5) is 5.69 Å². The van der Waals surface area contributed by atoms with Crippen molar-refractivity contribution in [2.24, 2.45) is 0 Å². The number of benzene rings is 1. The van der Waals surface area contributed by atoms with E-state index in [4.69, 9.17) is 4.74 Å². The summed E-state index contributed by atoms with van der Waals surface area (Å²) in [6.07, 6.45) is -0.497. The molecule has 5 heteroatoms. The third-order valence-corrected chi connectivity index (χ3v) is 2.72. The lowest BCUT2D eigenvalue weighted by Gasteiger charge is -2.23. The molecule has 1 aliphatic rings. The number of aromatic hydroxyl groups is 1. The summed E-state index contributed by atoms with van der Waals surface area (Å²) < 4.78 is 5.33. The molecule has 2 rings (SSSR count). The van der Waals surface area contributed by atoms with Crippen LogP contribution in [0, 0.1) is 6.92 Å². The highest BCUT2D eigenvalue weighted by Gasteiger charge is 2.22. The Labute approximate surface area is 99.8 Å². The van der Waals surface area contributed by atoms with Gasteiger partial charge < -0.3 is 20.5 Å². The van der Waals surface area contributed by atoms with Gasteiger partial charge in [0.15, 0.2) is 0 Å². The van der Waals surface area contributed by atoms with Crippen LogP contribution in [0.5, 0.6) is 5.75 Å². The fourth-order valence-corrected chi connectivity index (χ4v) is 1.71. The zero-order chi connectivity index (χ0) is 12.3. The number of hydrogen-bond donors (Lipinski definition) is 3. The second-order valence-corrected chi connectivity index (χ2v) is 4.02. The average molecular weight is 236 g/mol. The number of anilines is 1. The molecule has 0 spiro atoms. The molecule has 1 aromatic carbocycles. The highest BCUT2D eigenvalue weighted by molar-refractivity contribution is 5.95. The van der Waals surface area contributed by atoms with E-state index in [2.05, 4.69) is 10.6 Å². The van der Waals surface area contributed by atoms with Gasteiger partial charge in [-0.05, 0) is 18.6 Å². The van der Waals surface area contributed by atoms with Gasteiger partial charge in [0.05, 0.1) is 12.3 Å². The first-order valence-corrected chi connectivity index (χ1v) is 5.60. The molecule has 1 unspecified atom stereocenters. The first-order valence-electron chi connectivity index (χ1n) is 5.60. The lowest BCUT2D eigenvalue weighted by Crippen LogP contribution is -2.45. The summed E-state index contributed by atoms with van der Waals surface area (Å²) in [5.74, 6) is -0.136. The van der Waals surface area contributed by atoms with Crippen molar-refractivity contribution in [1.29, 1.82) is 0 Å². The maximum atomic E-state index is 11.8. The Morgan fingerprint density at radius 2 is 2.41 bits per heavy atom. The quantitative estimate of drug-likeness (QED) is 0.659. The molecule has 1 heterocycles. The normalized spacial score (nSPS) is 19.9. The Morgan fingerprint density at radius 1 is 1.59 bits per heavy atom. The zero-order valence-electron chi connectivity index (χ0n) is 9.69. The summed E-state index contributed by atoms with van der Waals surface area (Å²) in [5, 5.41) is 15.5. The highest BCUT2D eigenvalue weighted by Crippen LogP contribution is 2.26. The van der Waals surface area contributed by atoms with Crippen LogP contribution in [-0.4, -0.2) is 36.8 Å². The number of carbonyl (C=O) groups is 1. The molecule has 1 aliphatic heterocycles. The minimum absolute atomic E-state index is 0.101. The van der Waals surface area contributed by atoms with Crippen molar-refractivity contribution >= 4 is 11.6 Å². The summed E-state index contributed by atoms with van der Waals surface area (Å²) >= 11 is 0. The second-order valence-electron chi connectivity index (χ2n) is 4.02. The molecule has 0 saturated carbocycles. The average Bonchev–Trinajstić information content (AvgIpc) is 2.36. The Balaban J connectivity index is 2.04. The van der Waals surface area contributed by atoms with E-state index in [1.165, 1.54) is 0 Å². The van der Waals surface area contributed by atoms with E-state index >= 15 is 0 Å². The summed E-state index contributed by atoms with van der Waals surface area (Å²) in [5.41, 5.74) is 1.15. The number of hydrogen-bond acceptors (Lipinski definition) is 4. The molecule has 0 radical (unpaired) electrons. The number of para-hydroxylation sites is 1. The van der Waals surface area contributed by atoms with Crippen LogP contribution in [0.15, 0.2) is 18.2 Å². The van der Waals surface area contributed by atoms with Crippen molar-refractivity contribution in [1.82, 2.24) is 5.32 Å². The molecule has 1 saturated heterocycles. The molecule has 1 aromatic rings. The van der Waals surface area contributed by atoms with Crippen molar-refractivity contribution in [3.8, 4) is 5.75 Å². The Kier molecular flexibility index (Phi) is 3.61. The molecule has 1 amide bonds. The van der Waals surface area contributed by atoms with E-state index in [0.717, 1.165) is 12.1 Å². The molecule has 5 nitrogen and oxygen atoms in total. The van der Waals surface area contributed by atoms with Gasteiger partial charge >= 0.3 is 0 Å². The number of phenols is 1. The van der Waals surface area contributed by atoms with Crippen LogP contribution < -0.4 is 10.6 Å². The zero-order valence-corrected chi connectivity index (χ0v) is 9.69. The van der Waals surface area contributed by atoms with E-state index < -0.39 is 6.10 Å². The van der Waals surface area contributed by atoms with Crippen molar-refractivity contribution in [2.45, 2.75) is 13.0 Å². The fraction of sp³-hybridized carbons (Fsp3) is 0.417. The summed E-state index contributed by atoms with van der Waals surface area (Å²) in [4.78, 5) is 11.8. The van der Waals surface area contributed by atoms with Crippen LogP contribution in [-0.2, 0) is 9.53 Å². The van der Waals surface area contributed by atoms with Crippen molar-refractivity contribution < 1.29 is 14.6 Å². The molecule has 1 atom stereocenters. The second kappa shape index (κ2) is 5.16. The van der Waals surface area contributed by atoms with Crippen LogP contribution in [0.25, 0.3) is 0 Å². The van der Waals surface area contributed by atoms with Crippen LogP contribution in [0.2, 0.25) is 0 Å². The van der Waals surface area contributed by atoms with Crippen molar-refractivity contribution in [3.63, 3.8) is 0 Å². The largest absolute Gasteiger partial charge is 0.505 e. The van der Waals surface area contributed by atoms with Gasteiger partial charge in [0, 0.05) is 13.1 Å². The molecule has 0 aromatic heterocycles. The number of aryl methyl sites for hydroxylation is 1. The highest BCUT2D eigenvalue weighted by atomic mass is 16.5. The SMILES string of the molecule is Cc1cccc(NC(=O)C2CNCCO2)c1O. The van der Waals surface area contributed by atoms with Gasteiger partial charge in [0.25, 0.3) is 5.91 Å². The Bertz CT molecular complexity index is 414. The van der Waals surface area contributed by atoms with E-state index in [0.29, 0.717) is 18.8 Å². The fourth-order valence-electron chi connectivity index (χ4n) is 1.71. The van der Waals surface area contributed by atoms with E-state index in [-0.39, 0.29) is 11.7 Å². The van der Waals surface area contributed by atoms with Gasteiger partial charge in [-0.1, -0.05) is 12.1 Å². The van der Waals surface area contributed by atoms with E-state index in [1.54, 1.807) is 25.1 Å². The van der Waals surface area contributed by atoms with Crippen LogP contribution in [0.3, 0.4) is 0 Å². The van der Waals surface area contributed by atoms with Gasteiger partial charge in [-0.25, -0.2) is 0 Å². The molecule has 1 fully saturated rings. The molecule has 92 valence electrons. The number of phenolic OH excluding ortho intramolecular Hbond substituents is 1. The van der Waals surface area contributed by atoms with Crippen LogP contribution in [0.1, 0.15) is 5.56 Å². The maximum absolute atomic E-state index is 11.8. The monoisotopic (exact) mass is 236 g/mol.